The molecule has 0 bridgehead atoms. The van der Waals surface area contributed by atoms with Crippen molar-refractivity contribution in [3.8, 4) is 11.3 Å². The fourth-order valence-corrected chi connectivity index (χ4v) is 4.74. The molecule has 33 heavy (non-hydrogen) atoms. The van der Waals surface area contributed by atoms with Gasteiger partial charge in [-0.2, -0.15) is 0 Å². The van der Waals surface area contributed by atoms with Crippen LogP contribution in [-0.4, -0.2) is 33.1 Å². The first-order valence-electron chi connectivity index (χ1n) is 9.42. The molecule has 0 saturated carbocycles. The fraction of sp³-hybridized carbons (Fsp3) is 0.0909. The number of nitrogens with one attached hydrogen (secondary N) is 2. The molecule has 11 heteroatoms. The van der Waals surface area contributed by atoms with Crippen LogP contribution in [0, 0.1) is 0 Å². The Labute approximate surface area is 207 Å². The molecule has 1 unspecified atom stereocenters. The number of carbonyl (C=O) groups is 3. The average Bonchev–Trinajstić information content (AvgIpc) is 3.20. The Morgan fingerprint density at radius 3 is 2.64 bits per heavy atom. The number of thiazole rings is 1. The monoisotopic (exact) mass is 521 g/mol. The second kappa shape index (κ2) is 11.3. The molecule has 0 radical (unpaired) electrons. The van der Waals surface area contributed by atoms with Gasteiger partial charge in [-0.25, -0.2) is 9.78 Å². The number of anilines is 2. The van der Waals surface area contributed by atoms with Crippen LogP contribution in [0.25, 0.3) is 11.3 Å². The topological polar surface area (TPSA) is 108 Å². The minimum absolute atomic E-state index is 0.234. The molecule has 0 aliphatic heterocycles. The third kappa shape index (κ3) is 7.33. The molecule has 1 heterocycles. The zero-order valence-corrected chi connectivity index (χ0v) is 20.2. The van der Waals surface area contributed by atoms with E-state index in [1.54, 1.807) is 54.8 Å². The number of carboxylic acid groups (broad SMARTS) is 1. The van der Waals surface area contributed by atoms with E-state index >= 15 is 0 Å². The van der Waals surface area contributed by atoms with Crippen molar-refractivity contribution in [1.29, 1.82) is 0 Å². The van der Waals surface area contributed by atoms with E-state index in [4.69, 9.17) is 28.3 Å². The third-order valence-corrected chi connectivity index (χ3v) is 6.50. The van der Waals surface area contributed by atoms with Crippen molar-refractivity contribution >= 4 is 74.9 Å². The van der Waals surface area contributed by atoms with E-state index in [0.29, 0.717) is 26.6 Å². The first kappa shape index (κ1) is 24.8. The molecule has 3 N–H and O–H groups in total. The number of aromatic nitrogens is 1. The van der Waals surface area contributed by atoms with Gasteiger partial charge in [-0.3, -0.25) is 9.59 Å². The molecule has 0 saturated heterocycles. The quantitative estimate of drug-likeness (QED) is 0.254. The van der Waals surface area contributed by atoms with E-state index in [0.717, 1.165) is 22.6 Å². The van der Waals surface area contributed by atoms with E-state index in [-0.39, 0.29) is 5.91 Å². The van der Waals surface area contributed by atoms with Gasteiger partial charge in [0.05, 0.1) is 16.0 Å². The molecule has 0 fully saturated rings. The average molecular weight is 522 g/mol. The minimum atomic E-state index is -1.21. The lowest BCUT2D eigenvalue weighted by Crippen LogP contribution is -2.22. The van der Waals surface area contributed by atoms with Crippen LogP contribution in [0.2, 0.25) is 10.0 Å². The zero-order chi connectivity index (χ0) is 24.0. The molecule has 170 valence electrons. The molecule has 3 rings (SSSR count). The van der Waals surface area contributed by atoms with E-state index < -0.39 is 17.1 Å². The molecule has 2 amide bonds. The summed E-state index contributed by atoms with van der Waals surface area (Å²) in [5.74, 6) is -2.01. The second-order valence-electron chi connectivity index (χ2n) is 6.60. The largest absolute Gasteiger partial charge is 0.478 e. The highest BCUT2D eigenvalue weighted by Crippen LogP contribution is 2.33. The number of hydrogen-bond acceptors (Lipinski definition) is 6. The SMILES string of the molecule is CC(Sc1cccc(NC(=O)/C=C/C(=O)O)c1)C(=O)Nc1nc(-c2ccc(Cl)cc2Cl)cs1. The van der Waals surface area contributed by atoms with Crippen molar-refractivity contribution in [2.24, 2.45) is 0 Å². The van der Waals surface area contributed by atoms with E-state index in [9.17, 15) is 14.4 Å². The Morgan fingerprint density at radius 2 is 1.91 bits per heavy atom. The Hall–Kier alpha value is -2.85. The summed E-state index contributed by atoms with van der Waals surface area (Å²) in [5.41, 5.74) is 1.84. The van der Waals surface area contributed by atoms with Crippen molar-refractivity contribution in [2.75, 3.05) is 10.6 Å². The summed E-state index contributed by atoms with van der Waals surface area (Å²) in [6.07, 6.45) is 1.68. The normalized spacial score (nSPS) is 11.8. The van der Waals surface area contributed by atoms with Gasteiger partial charge in [0.1, 0.15) is 0 Å². The Morgan fingerprint density at radius 1 is 1.12 bits per heavy atom. The number of rotatable bonds is 8. The number of halogens is 2. The first-order chi connectivity index (χ1) is 15.7. The summed E-state index contributed by atoms with van der Waals surface area (Å²) in [5, 5.41) is 16.8. The molecule has 1 atom stereocenters. The Balaban J connectivity index is 1.60. The molecular formula is C22H17Cl2N3O4S2. The molecule has 0 aliphatic rings. The number of nitrogens with zero attached hydrogens (tertiary/aromatic N) is 1. The van der Waals surface area contributed by atoms with Gasteiger partial charge < -0.3 is 15.7 Å². The van der Waals surface area contributed by atoms with Gasteiger partial charge >= 0.3 is 5.97 Å². The number of carboxylic acids is 1. The predicted octanol–water partition coefficient (Wildman–Crippen LogP) is 5.82. The molecule has 2 aromatic carbocycles. The smallest absolute Gasteiger partial charge is 0.328 e. The van der Waals surface area contributed by atoms with Crippen LogP contribution >= 0.6 is 46.3 Å². The molecule has 0 spiro atoms. The standard InChI is InChI=1S/C22H17Cl2N3O4S2/c1-12(33-15-4-2-3-14(10-15)25-19(28)7-8-20(29)30)21(31)27-22-26-18(11-32-22)16-6-5-13(23)9-17(16)24/h2-12H,1H3,(H,25,28)(H,29,30)(H,26,27,31)/b8-7+. The van der Waals surface area contributed by atoms with Crippen LogP contribution in [0.15, 0.2) is 64.9 Å². The van der Waals surface area contributed by atoms with Crippen LogP contribution in [0.3, 0.4) is 0 Å². The number of benzene rings is 2. The van der Waals surface area contributed by atoms with Gasteiger partial charge in [0, 0.05) is 38.7 Å². The summed E-state index contributed by atoms with van der Waals surface area (Å²) in [7, 11) is 0. The van der Waals surface area contributed by atoms with Crippen molar-refractivity contribution in [3.05, 3.63) is 70.0 Å². The Bertz CT molecular complexity index is 1230. The zero-order valence-electron chi connectivity index (χ0n) is 17.0. The predicted molar refractivity (Wildman–Crippen MR) is 133 cm³/mol. The molecular weight excluding hydrogens is 505 g/mol. The summed E-state index contributed by atoms with van der Waals surface area (Å²) in [6.45, 7) is 1.76. The van der Waals surface area contributed by atoms with Crippen LogP contribution in [0.5, 0.6) is 0 Å². The number of thioether (sulfide) groups is 1. The summed E-state index contributed by atoms with van der Waals surface area (Å²) in [6, 6.07) is 12.0. The minimum Gasteiger partial charge on any atom is -0.478 e. The summed E-state index contributed by atoms with van der Waals surface area (Å²) in [4.78, 5) is 40.1. The maximum atomic E-state index is 12.6. The van der Waals surface area contributed by atoms with Gasteiger partial charge in [0.15, 0.2) is 5.13 Å². The van der Waals surface area contributed by atoms with Crippen LogP contribution in [-0.2, 0) is 14.4 Å². The van der Waals surface area contributed by atoms with E-state index in [1.807, 2.05) is 0 Å². The molecule has 1 aromatic heterocycles. The highest BCUT2D eigenvalue weighted by atomic mass is 35.5. The summed E-state index contributed by atoms with van der Waals surface area (Å²) < 4.78 is 0. The molecule has 7 nitrogen and oxygen atoms in total. The molecule has 3 aromatic rings. The first-order valence-corrected chi connectivity index (χ1v) is 11.9. The summed E-state index contributed by atoms with van der Waals surface area (Å²) >= 11 is 14.8. The van der Waals surface area contributed by atoms with Crippen molar-refractivity contribution in [3.63, 3.8) is 0 Å². The number of carbonyl (C=O) groups excluding carboxylic acids is 2. The second-order valence-corrected chi connectivity index (χ2v) is 9.72. The number of hydrogen-bond donors (Lipinski definition) is 3. The van der Waals surface area contributed by atoms with Gasteiger partial charge in [-0.1, -0.05) is 29.3 Å². The van der Waals surface area contributed by atoms with Gasteiger partial charge in [-0.05, 0) is 43.3 Å². The fourth-order valence-electron chi connectivity index (χ4n) is 2.59. The molecule has 0 aliphatic carbocycles. The van der Waals surface area contributed by atoms with Gasteiger partial charge in [0.25, 0.3) is 0 Å². The highest BCUT2D eigenvalue weighted by molar-refractivity contribution is 8.00. The lowest BCUT2D eigenvalue weighted by Gasteiger charge is -2.11. The van der Waals surface area contributed by atoms with Crippen molar-refractivity contribution in [2.45, 2.75) is 17.1 Å². The van der Waals surface area contributed by atoms with Crippen molar-refractivity contribution in [1.82, 2.24) is 4.98 Å². The maximum Gasteiger partial charge on any atom is 0.328 e. The van der Waals surface area contributed by atoms with E-state index in [1.165, 1.54) is 23.1 Å². The van der Waals surface area contributed by atoms with Gasteiger partial charge in [-0.15, -0.1) is 23.1 Å². The number of amides is 2. The number of aliphatic carboxylic acids is 1. The van der Waals surface area contributed by atoms with Crippen LogP contribution < -0.4 is 10.6 Å². The van der Waals surface area contributed by atoms with Gasteiger partial charge in [0.2, 0.25) is 11.8 Å². The lowest BCUT2D eigenvalue weighted by molar-refractivity contribution is -0.131. The maximum absolute atomic E-state index is 12.6. The van der Waals surface area contributed by atoms with E-state index in [2.05, 4.69) is 15.6 Å². The third-order valence-electron chi connectivity index (χ3n) is 4.10. The Kier molecular flexibility index (Phi) is 8.51. The highest BCUT2D eigenvalue weighted by Gasteiger charge is 2.17. The van der Waals surface area contributed by atoms with Crippen molar-refractivity contribution < 1.29 is 19.5 Å². The lowest BCUT2D eigenvalue weighted by atomic mass is 10.2. The van der Waals surface area contributed by atoms with Crippen LogP contribution in [0.1, 0.15) is 6.92 Å². The van der Waals surface area contributed by atoms with Crippen LogP contribution in [0.4, 0.5) is 10.8 Å².